The zero-order valence-electron chi connectivity index (χ0n) is 17.2. The molecule has 3 nitrogen and oxygen atoms in total. The quantitative estimate of drug-likeness (QED) is 0.720. The van der Waals surface area contributed by atoms with Crippen LogP contribution >= 0.6 is 0 Å². The smallest absolute Gasteiger partial charge is 0.128 e. The average molecular weight is 368 g/mol. The number of rotatable bonds is 5. The fourth-order valence-electron chi connectivity index (χ4n) is 3.56. The summed E-state index contributed by atoms with van der Waals surface area (Å²) in [6.45, 7) is 10.2. The summed E-state index contributed by atoms with van der Waals surface area (Å²) in [5, 5.41) is 3.68. The molecule has 0 fully saturated rings. The van der Waals surface area contributed by atoms with Crippen LogP contribution in [-0.4, -0.2) is 19.4 Å². The first-order chi connectivity index (χ1) is 13.0. The molecular weight excluding hydrogens is 334 g/mol. The van der Waals surface area contributed by atoms with Crippen molar-refractivity contribution in [1.29, 1.82) is 0 Å². The van der Waals surface area contributed by atoms with Gasteiger partial charge in [0.25, 0.3) is 0 Å². The van der Waals surface area contributed by atoms with Crippen LogP contribution in [0, 0.1) is 5.92 Å². The number of Topliss-reactive ketones (excluding diaryl/α,β-unsaturated/α-hetero) is 1. The third kappa shape index (κ3) is 5.85. The molecular formula is C24H33NO2. The summed E-state index contributed by atoms with van der Waals surface area (Å²) in [6.07, 6.45) is 14.8. The van der Waals surface area contributed by atoms with Crippen molar-refractivity contribution < 1.29 is 9.53 Å². The summed E-state index contributed by atoms with van der Waals surface area (Å²) in [7, 11) is 1.75. The minimum Gasteiger partial charge on any atom is -0.496 e. The molecule has 0 heterocycles. The van der Waals surface area contributed by atoms with Crippen LogP contribution in [-0.2, 0) is 17.6 Å². The highest BCUT2D eigenvalue weighted by atomic mass is 16.5. The van der Waals surface area contributed by atoms with Crippen LogP contribution in [0.15, 0.2) is 36.4 Å². The van der Waals surface area contributed by atoms with Gasteiger partial charge in [-0.3, -0.25) is 0 Å². The monoisotopic (exact) mass is 367 g/mol. The van der Waals surface area contributed by atoms with E-state index in [0.29, 0.717) is 5.92 Å². The molecule has 2 aliphatic rings. The highest BCUT2D eigenvalue weighted by Gasteiger charge is 2.19. The Morgan fingerprint density at radius 2 is 2.04 bits per heavy atom. The third-order valence-corrected chi connectivity index (χ3v) is 4.94. The van der Waals surface area contributed by atoms with E-state index in [1.165, 1.54) is 49.1 Å². The molecule has 0 amide bonds. The molecule has 0 spiro atoms. The van der Waals surface area contributed by atoms with Gasteiger partial charge >= 0.3 is 0 Å². The predicted molar refractivity (Wildman–Crippen MR) is 116 cm³/mol. The van der Waals surface area contributed by atoms with Gasteiger partial charge in [0, 0.05) is 17.8 Å². The first-order valence-corrected chi connectivity index (χ1v) is 9.89. The number of carbonyl (C=O) groups is 1. The van der Waals surface area contributed by atoms with Crippen molar-refractivity contribution in [2.24, 2.45) is 5.92 Å². The number of hydrogen-bond acceptors (Lipinski definition) is 3. The molecule has 3 heteroatoms. The maximum absolute atomic E-state index is 9.44. The summed E-state index contributed by atoms with van der Waals surface area (Å²) >= 11 is 0. The van der Waals surface area contributed by atoms with Crippen molar-refractivity contribution in [3.05, 3.63) is 53.1 Å². The number of carbonyl (C=O) groups excluding carboxylic acids is 1. The second-order valence-electron chi connectivity index (χ2n) is 7.53. The Labute approximate surface area is 164 Å². The Bertz CT molecular complexity index is 739. The molecule has 0 aliphatic heterocycles. The SMILES string of the molecule is C=Cc1c(OC)cc2c(c1NCC1=CCC(C)C=C1)CCCC2.CC(C)=O. The highest BCUT2D eigenvalue weighted by Crippen LogP contribution is 2.38. The molecule has 1 unspecified atom stereocenters. The molecule has 1 atom stereocenters. The standard InChI is InChI=1S/C21H27NO.C3H6O/c1-4-18-20(23-3)13-17-7-5-6-8-19(17)21(18)22-14-16-11-9-15(2)10-12-16;1-3(2)4/h4,9,11-13,15,22H,1,5-8,10,14H2,2-3H3;1-2H3. The highest BCUT2D eigenvalue weighted by molar-refractivity contribution is 5.76. The van der Waals surface area contributed by atoms with Crippen molar-refractivity contribution >= 4 is 17.5 Å². The molecule has 0 saturated heterocycles. The van der Waals surface area contributed by atoms with Gasteiger partial charge in [0.15, 0.2) is 0 Å². The lowest BCUT2D eigenvalue weighted by atomic mass is 9.87. The number of methoxy groups -OCH3 is 1. The third-order valence-electron chi connectivity index (χ3n) is 4.94. The van der Waals surface area contributed by atoms with E-state index in [1.54, 1.807) is 7.11 Å². The van der Waals surface area contributed by atoms with Crippen LogP contribution < -0.4 is 10.1 Å². The summed E-state index contributed by atoms with van der Waals surface area (Å²) in [5.41, 5.74) is 6.58. The predicted octanol–water partition coefficient (Wildman–Crippen LogP) is 5.75. The Balaban J connectivity index is 0.000000596. The number of anilines is 1. The van der Waals surface area contributed by atoms with E-state index in [1.807, 2.05) is 6.08 Å². The molecule has 27 heavy (non-hydrogen) atoms. The van der Waals surface area contributed by atoms with E-state index >= 15 is 0 Å². The lowest BCUT2D eigenvalue weighted by Gasteiger charge is -2.25. The van der Waals surface area contributed by atoms with Crippen molar-refractivity contribution in [3.8, 4) is 5.75 Å². The largest absolute Gasteiger partial charge is 0.496 e. The van der Waals surface area contributed by atoms with Gasteiger partial charge in [0.05, 0.1) is 7.11 Å². The van der Waals surface area contributed by atoms with Crippen molar-refractivity contribution in [3.63, 3.8) is 0 Å². The fourth-order valence-corrected chi connectivity index (χ4v) is 3.56. The Kier molecular flexibility index (Phi) is 7.90. The van der Waals surface area contributed by atoms with Crippen molar-refractivity contribution in [2.75, 3.05) is 19.0 Å². The van der Waals surface area contributed by atoms with Gasteiger partial charge in [-0.1, -0.05) is 37.8 Å². The van der Waals surface area contributed by atoms with Crippen LogP contribution in [0.1, 0.15) is 56.7 Å². The topological polar surface area (TPSA) is 38.3 Å². The lowest BCUT2D eigenvalue weighted by molar-refractivity contribution is -0.114. The molecule has 1 N–H and O–H groups in total. The molecule has 146 valence electrons. The van der Waals surface area contributed by atoms with Crippen LogP contribution in [0.4, 0.5) is 5.69 Å². The summed E-state index contributed by atoms with van der Waals surface area (Å²) in [6, 6.07) is 2.21. The second-order valence-corrected chi connectivity index (χ2v) is 7.53. The molecule has 1 aromatic rings. The minimum absolute atomic E-state index is 0.167. The van der Waals surface area contributed by atoms with Crippen molar-refractivity contribution in [1.82, 2.24) is 0 Å². The van der Waals surface area contributed by atoms with Gasteiger partial charge in [-0.05, 0) is 74.6 Å². The van der Waals surface area contributed by atoms with Gasteiger partial charge in [0.1, 0.15) is 11.5 Å². The maximum Gasteiger partial charge on any atom is 0.128 e. The number of allylic oxidation sites excluding steroid dienone is 2. The van der Waals surface area contributed by atoms with E-state index in [4.69, 9.17) is 4.74 Å². The van der Waals surface area contributed by atoms with Gasteiger partial charge < -0.3 is 14.8 Å². The zero-order valence-corrected chi connectivity index (χ0v) is 17.2. The molecule has 3 rings (SSSR count). The lowest BCUT2D eigenvalue weighted by Crippen LogP contribution is -2.13. The number of benzene rings is 1. The average Bonchev–Trinajstić information content (AvgIpc) is 2.66. The summed E-state index contributed by atoms with van der Waals surface area (Å²) in [5.74, 6) is 1.76. The van der Waals surface area contributed by atoms with Crippen LogP contribution in [0.25, 0.3) is 6.08 Å². The minimum atomic E-state index is 0.167. The number of fused-ring (bicyclic) bond motifs is 1. The van der Waals surface area contributed by atoms with Crippen LogP contribution in [0.3, 0.4) is 0 Å². The molecule has 2 aliphatic carbocycles. The first-order valence-electron chi connectivity index (χ1n) is 9.89. The summed E-state index contributed by atoms with van der Waals surface area (Å²) < 4.78 is 5.61. The second kappa shape index (κ2) is 10.1. The Morgan fingerprint density at radius 1 is 1.33 bits per heavy atom. The van der Waals surface area contributed by atoms with Gasteiger partial charge in [-0.2, -0.15) is 0 Å². The molecule has 0 radical (unpaired) electrons. The van der Waals surface area contributed by atoms with E-state index < -0.39 is 0 Å². The fraction of sp³-hybridized carbons (Fsp3) is 0.458. The van der Waals surface area contributed by atoms with Gasteiger partial charge in [-0.15, -0.1) is 0 Å². The van der Waals surface area contributed by atoms with E-state index in [0.717, 1.165) is 37.1 Å². The molecule has 0 aromatic heterocycles. The number of ketones is 1. The summed E-state index contributed by atoms with van der Waals surface area (Å²) in [4.78, 5) is 9.44. The van der Waals surface area contributed by atoms with E-state index in [2.05, 4.69) is 43.1 Å². The van der Waals surface area contributed by atoms with Crippen molar-refractivity contribution in [2.45, 2.75) is 52.9 Å². The van der Waals surface area contributed by atoms with Gasteiger partial charge in [0.2, 0.25) is 0 Å². The number of ether oxygens (including phenoxy) is 1. The Morgan fingerprint density at radius 3 is 2.63 bits per heavy atom. The van der Waals surface area contributed by atoms with E-state index in [9.17, 15) is 4.79 Å². The number of nitrogens with one attached hydrogen (secondary N) is 1. The van der Waals surface area contributed by atoms with Gasteiger partial charge in [-0.25, -0.2) is 0 Å². The normalized spacial score (nSPS) is 17.8. The zero-order chi connectivity index (χ0) is 19.8. The van der Waals surface area contributed by atoms with Crippen LogP contribution in [0.5, 0.6) is 5.75 Å². The number of hydrogen-bond donors (Lipinski definition) is 1. The van der Waals surface area contributed by atoms with E-state index in [-0.39, 0.29) is 5.78 Å². The number of aryl methyl sites for hydroxylation is 1. The van der Waals surface area contributed by atoms with Crippen LogP contribution in [0.2, 0.25) is 0 Å². The Hall–Kier alpha value is -2.29. The first kappa shape index (κ1) is 21.0. The maximum atomic E-state index is 9.44. The molecule has 0 saturated carbocycles. The molecule has 0 bridgehead atoms. The molecule has 1 aromatic carbocycles.